The van der Waals surface area contributed by atoms with Gasteiger partial charge >= 0.3 is 0 Å². The quantitative estimate of drug-likeness (QED) is 0.314. The van der Waals surface area contributed by atoms with Gasteiger partial charge in [-0.05, 0) is 73.3 Å². The van der Waals surface area contributed by atoms with Crippen LogP contribution in [0.15, 0.2) is 18.2 Å². The third kappa shape index (κ3) is 6.72. The Morgan fingerprint density at radius 1 is 1.13 bits per heavy atom. The lowest BCUT2D eigenvalue weighted by Gasteiger charge is -2.44. The third-order valence-electron chi connectivity index (χ3n) is 7.12. The number of benzene rings is 1. The molecular weight excluding hydrogens is 410 g/mol. The average Bonchev–Trinajstić information content (AvgIpc) is 2.69. The van der Waals surface area contributed by atoms with Gasteiger partial charge in [0.15, 0.2) is 8.32 Å². The molecule has 5 heteroatoms. The van der Waals surface area contributed by atoms with Gasteiger partial charge < -0.3 is 14.5 Å². The maximum absolute atomic E-state index is 6.93. The minimum atomic E-state index is -1.79. The van der Waals surface area contributed by atoms with Crippen molar-refractivity contribution < 1.29 is 9.16 Å². The standard InChI is InChI=1S/C25H44ClNO2Si/c1-8-30(9-2,10-3)29-23(24-21(26)12-11-13-22(24)28-7)18-27-17-19(4)14-20-15-25(5,6)16-20/h11-13,19-20,23,27H,8-10,14-18H2,1-7H3/t19-,23?/m1/s1. The van der Waals surface area contributed by atoms with Gasteiger partial charge in [-0.15, -0.1) is 0 Å². The highest BCUT2D eigenvalue weighted by Crippen LogP contribution is 2.47. The van der Waals surface area contributed by atoms with Crippen molar-refractivity contribution in [3.8, 4) is 5.75 Å². The van der Waals surface area contributed by atoms with Crippen LogP contribution in [0.2, 0.25) is 23.2 Å². The van der Waals surface area contributed by atoms with Gasteiger partial charge in [0, 0.05) is 12.1 Å². The van der Waals surface area contributed by atoms with Gasteiger partial charge in [-0.1, -0.05) is 59.2 Å². The highest BCUT2D eigenvalue weighted by molar-refractivity contribution is 6.73. The van der Waals surface area contributed by atoms with E-state index in [2.05, 4.69) is 46.9 Å². The molecule has 1 aliphatic carbocycles. The van der Waals surface area contributed by atoms with E-state index in [1.807, 2.05) is 18.2 Å². The van der Waals surface area contributed by atoms with Crippen molar-refractivity contribution in [2.24, 2.45) is 17.3 Å². The fourth-order valence-electron chi connectivity index (χ4n) is 5.30. The van der Waals surface area contributed by atoms with E-state index in [0.29, 0.717) is 11.3 Å². The number of rotatable bonds is 13. The minimum absolute atomic E-state index is 0.0741. The summed E-state index contributed by atoms with van der Waals surface area (Å²) in [5, 5.41) is 4.45. The van der Waals surface area contributed by atoms with Crippen LogP contribution in [-0.2, 0) is 4.43 Å². The summed E-state index contributed by atoms with van der Waals surface area (Å²) in [5.41, 5.74) is 1.56. The highest BCUT2D eigenvalue weighted by atomic mass is 35.5. The van der Waals surface area contributed by atoms with Crippen molar-refractivity contribution in [1.29, 1.82) is 0 Å². The summed E-state index contributed by atoms with van der Waals surface area (Å²) < 4.78 is 12.6. The highest BCUT2D eigenvalue weighted by Gasteiger charge is 2.37. The predicted octanol–water partition coefficient (Wildman–Crippen LogP) is 7.46. The number of methoxy groups -OCH3 is 1. The monoisotopic (exact) mass is 453 g/mol. The van der Waals surface area contributed by atoms with E-state index in [1.54, 1.807) is 7.11 Å². The first kappa shape index (κ1) is 25.7. The van der Waals surface area contributed by atoms with E-state index >= 15 is 0 Å². The Labute approximate surface area is 191 Å². The van der Waals surface area contributed by atoms with Crippen LogP contribution in [0.25, 0.3) is 0 Å². The number of hydrogen-bond donors (Lipinski definition) is 1. The molecule has 1 aliphatic rings. The molecular formula is C25H44ClNO2Si. The van der Waals surface area contributed by atoms with Crippen LogP contribution < -0.4 is 10.1 Å². The molecule has 1 N–H and O–H groups in total. The van der Waals surface area contributed by atoms with Crippen molar-refractivity contribution >= 4 is 19.9 Å². The molecule has 0 aromatic heterocycles. The third-order valence-corrected chi connectivity index (χ3v) is 12.1. The predicted molar refractivity (Wildman–Crippen MR) is 132 cm³/mol. The zero-order valence-corrected chi connectivity index (χ0v) is 22.1. The topological polar surface area (TPSA) is 30.5 Å². The van der Waals surface area contributed by atoms with Gasteiger partial charge in [0.2, 0.25) is 0 Å². The Morgan fingerprint density at radius 3 is 2.30 bits per heavy atom. The van der Waals surface area contributed by atoms with E-state index in [-0.39, 0.29) is 6.10 Å². The van der Waals surface area contributed by atoms with Crippen molar-refractivity contribution in [3.63, 3.8) is 0 Å². The average molecular weight is 454 g/mol. The Balaban J connectivity index is 2.07. The molecule has 1 aromatic rings. The van der Waals surface area contributed by atoms with Crippen LogP contribution in [0.3, 0.4) is 0 Å². The molecule has 2 rings (SSSR count). The summed E-state index contributed by atoms with van der Waals surface area (Å²) in [6, 6.07) is 9.25. The lowest BCUT2D eigenvalue weighted by molar-refractivity contribution is 0.0772. The minimum Gasteiger partial charge on any atom is -0.496 e. The van der Waals surface area contributed by atoms with E-state index in [4.69, 9.17) is 20.8 Å². The molecule has 0 heterocycles. The van der Waals surface area contributed by atoms with Gasteiger partial charge in [0.05, 0.1) is 18.2 Å². The molecule has 0 aliphatic heterocycles. The summed E-state index contributed by atoms with van der Waals surface area (Å²) in [4.78, 5) is 0. The first-order valence-electron chi connectivity index (χ1n) is 11.9. The van der Waals surface area contributed by atoms with Gasteiger partial charge in [0.25, 0.3) is 0 Å². The summed E-state index contributed by atoms with van der Waals surface area (Å²) in [6.45, 7) is 15.7. The lowest BCUT2D eigenvalue weighted by Crippen LogP contribution is -2.40. The van der Waals surface area contributed by atoms with Gasteiger partial charge in [-0.3, -0.25) is 0 Å². The maximum Gasteiger partial charge on any atom is 0.192 e. The summed E-state index contributed by atoms with van der Waals surface area (Å²) in [7, 11) is -0.0779. The van der Waals surface area contributed by atoms with E-state index < -0.39 is 8.32 Å². The van der Waals surface area contributed by atoms with Crippen LogP contribution >= 0.6 is 11.6 Å². The maximum atomic E-state index is 6.93. The molecule has 1 fully saturated rings. The first-order chi connectivity index (χ1) is 14.2. The fourth-order valence-corrected chi connectivity index (χ4v) is 8.39. The molecule has 3 nitrogen and oxygen atoms in total. The van der Waals surface area contributed by atoms with E-state index in [0.717, 1.165) is 53.5 Å². The van der Waals surface area contributed by atoms with Crippen molar-refractivity contribution in [1.82, 2.24) is 5.32 Å². The largest absolute Gasteiger partial charge is 0.496 e. The second-order valence-electron chi connectivity index (χ2n) is 10.1. The SMILES string of the molecule is CC[Si](CC)(CC)OC(CNC[C@H](C)CC1CC(C)(C)C1)c1c(Cl)cccc1OC. The Bertz CT molecular complexity index is 646. The van der Waals surface area contributed by atoms with Crippen LogP contribution in [0.1, 0.15) is 72.5 Å². The van der Waals surface area contributed by atoms with Gasteiger partial charge in [-0.2, -0.15) is 0 Å². The van der Waals surface area contributed by atoms with Crippen molar-refractivity contribution in [2.45, 2.75) is 85.0 Å². The van der Waals surface area contributed by atoms with Crippen molar-refractivity contribution in [3.05, 3.63) is 28.8 Å². The first-order valence-corrected chi connectivity index (χ1v) is 14.8. The summed E-state index contributed by atoms with van der Waals surface area (Å²) in [5.74, 6) is 2.39. The van der Waals surface area contributed by atoms with Gasteiger partial charge in [0.1, 0.15) is 5.75 Å². The Morgan fingerprint density at radius 2 is 1.77 bits per heavy atom. The fraction of sp³-hybridized carbons (Fsp3) is 0.760. The second kappa shape index (κ2) is 11.4. The Kier molecular flexibility index (Phi) is 9.73. The van der Waals surface area contributed by atoms with Crippen LogP contribution in [0.4, 0.5) is 0 Å². The molecule has 1 aromatic carbocycles. The second-order valence-corrected chi connectivity index (χ2v) is 15.3. The summed E-state index contributed by atoms with van der Waals surface area (Å²) >= 11 is 6.65. The van der Waals surface area contributed by atoms with Crippen molar-refractivity contribution in [2.75, 3.05) is 20.2 Å². The molecule has 172 valence electrons. The smallest absolute Gasteiger partial charge is 0.192 e. The zero-order chi connectivity index (χ0) is 22.4. The number of ether oxygens (including phenoxy) is 1. The molecule has 0 saturated heterocycles. The molecule has 0 amide bonds. The van der Waals surface area contributed by atoms with Crippen LogP contribution in [0, 0.1) is 17.3 Å². The Hall–Kier alpha value is -0.553. The van der Waals surface area contributed by atoms with E-state index in [9.17, 15) is 0 Å². The van der Waals surface area contributed by atoms with Gasteiger partial charge in [-0.25, -0.2) is 0 Å². The number of nitrogens with one attached hydrogen (secondary N) is 1. The van der Waals surface area contributed by atoms with Crippen LogP contribution in [-0.4, -0.2) is 28.5 Å². The number of hydrogen-bond acceptors (Lipinski definition) is 3. The molecule has 0 bridgehead atoms. The zero-order valence-electron chi connectivity index (χ0n) is 20.3. The molecule has 1 saturated carbocycles. The number of halogens is 1. The molecule has 2 atom stereocenters. The molecule has 0 radical (unpaired) electrons. The van der Waals surface area contributed by atoms with Crippen LogP contribution in [0.5, 0.6) is 5.75 Å². The summed E-state index contributed by atoms with van der Waals surface area (Å²) in [6.07, 6.45) is 3.99. The lowest BCUT2D eigenvalue weighted by atomic mass is 9.62. The normalized spacial score (nSPS) is 18.7. The molecule has 0 spiro atoms. The molecule has 1 unspecified atom stereocenters. The van der Waals surface area contributed by atoms with E-state index in [1.165, 1.54) is 19.3 Å². The molecule has 30 heavy (non-hydrogen) atoms.